The first-order chi connectivity index (χ1) is 21.2. The highest BCUT2D eigenvalue weighted by Crippen LogP contribution is 2.50. The lowest BCUT2D eigenvalue weighted by Crippen LogP contribution is -2.27. The minimum Gasteiger partial charge on any atom is -0.347 e. The van der Waals surface area contributed by atoms with Gasteiger partial charge in [0.15, 0.2) is 5.71 Å². The standard InChI is InChI=1S/C42H41N2/c1-41(2)37(43(5)35-24-22-31-16-10-12-18-33(31)39(35)41)26-20-30(28-29-14-8-7-9-15-29)21-27-38-42(3,4)40-34-19-13-11-17-32(34)23-25-36(40)44(38)6/h7-27H,28H2,1-6H3/q+1. The molecule has 5 aromatic rings. The summed E-state index contributed by atoms with van der Waals surface area (Å²) in [5.41, 5.74) is 10.4. The van der Waals surface area contributed by atoms with Gasteiger partial charge in [-0.3, -0.25) is 0 Å². The van der Waals surface area contributed by atoms with Crippen molar-refractivity contribution in [2.75, 3.05) is 19.0 Å². The summed E-state index contributed by atoms with van der Waals surface area (Å²) in [5, 5.41) is 5.28. The molecule has 2 nitrogen and oxygen atoms in total. The molecule has 0 atom stereocenters. The van der Waals surface area contributed by atoms with E-state index >= 15 is 0 Å². The van der Waals surface area contributed by atoms with Gasteiger partial charge in [0.1, 0.15) is 7.05 Å². The average molecular weight is 574 g/mol. The molecule has 44 heavy (non-hydrogen) atoms. The minimum absolute atomic E-state index is 0.117. The molecule has 0 fully saturated rings. The van der Waals surface area contributed by atoms with Crippen LogP contribution in [0, 0.1) is 0 Å². The maximum Gasteiger partial charge on any atom is 0.210 e. The van der Waals surface area contributed by atoms with Gasteiger partial charge >= 0.3 is 0 Å². The van der Waals surface area contributed by atoms with Crippen LogP contribution in [-0.2, 0) is 17.3 Å². The van der Waals surface area contributed by atoms with Crippen molar-refractivity contribution in [3.05, 3.63) is 155 Å². The molecule has 0 amide bonds. The second-order valence-corrected chi connectivity index (χ2v) is 13.4. The third-order valence-electron chi connectivity index (χ3n) is 9.95. The molecule has 0 aromatic heterocycles. The molecule has 0 spiro atoms. The minimum atomic E-state index is -0.117. The topological polar surface area (TPSA) is 6.25 Å². The Bertz CT molecular complexity index is 2050. The molecule has 0 unspecified atom stereocenters. The summed E-state index contributed by atoms with van der Waals surface area (Å²) in [6.07, 6.45) is 10.3. The fourth-order valence-corrected chi connectivity index (χ4v) is 7.76. The predicted molar refractivity (Wildman–Crippen MR) is 189 cm³/mol. The number of hydrogen-bond acceptors (Lipinski definition) is 1. The van der Waals surface area contributed by atoms with Crippen molar-refractivity contribution >= 4 is 38.6 Å². The third kappa shape index (κ3) is 4.44. The van der Waals surface area contributed by atoms with Gasteiger partial charge in [0, 0.05) is 41.6 Å². The summed E-state index contributed by atoms with van der Waals surface area (Å²) >= 11 is 0. The van der Waals surface area contributed by atoms with Crippen LogP contribution in [0.4, 0.5) is 11.4 Å². The Morgan fingerprint density at radius 3 is 2.02 bits per heavy atom. The lowest BCUT2D eigenvalue weighted by Gasteiger charge is -2.24. The molecule has 0 saturated carbocycles. The van der Waals surface area contributed by atoms with Crippen molar-refractivity contribution in [3.8, 4) is 0 Å². The van der Waals surface area contributed by atoms with E-state index < -0.39 is 0 Å². The van der Waals surface area contributed by atoms with Crippen LogP contribution in [-0.4, -0.2) is 24.4 Å². The van der Waals surface area contributed by atoms with Crippen LogP contribution in [0.15, 0.2) is 139 Å². The van der Waals surface area contributed by atoms with E-state index in [0.717, 1.165) is 6.42 Å². The highest BCUT2D eigenvalue weighted by Gasteiger charge is 2.44. The molecule has 2 aliphatic heterocycles. The maximum absolute atomic E-state index is 2.38. The van der Waals surface area contributed by atoms with Gasteiger partial charge in [-0.25, -0.2) is 0 Å². The summed E-state index contributed by atoms with van der Waals surface area (Å²) in [4.78, 5) is 2.38. The largest absolute Gasteiger partial charge is 0.347 e. The highest BCUT2D eigenvalue weighted by atomic mass is 15.2. The van der Waals surface area contributed by atoms with Gasteiger partial charge in [-0.2, -0.15) is 4.58 Å². The van der Waals surface area contributed by atoms with Crippen LogP contribution in [0.1, 0.15) is 44.4 Å². The zero-order valence-corrected chi connectivity index (χ0v) is 26.7. The third-order valence-corrected chi connectivity index (χ3v) is 9.95. The lowest BCUT2D eigenvalue weighted by molar-refractivity contribution is -0.401. The lowest BCUT2D eigenvalue weighted by atomic mass is 9.79. The van der Waals surface area contributed by atoms with Gasteiger partial charge in [-0.05, 0) is 76.7 Å². The van der Waals surface area contributed by atoms with Crippen molar-refractivity contribution in [3.63, 3.8) is 0 Å². The number of rotatable bonds is 5. The van der Waals surface area contributed by atoms with E-state index in [1.807, 2.05) is 0 Å². The van der Waals surface area contributed by atoms with Crippen molar-refractivity contribution in [1.82, 2.24) is 0 Å². The molecule has 7 rings (SSSR count). The van der Waals surface area contributed by atoms with E-state index in [2.05, 4.69) is 179 Å². The molecule has 5 aromatic carbocycles. The van der Waals surface area contributed by atoms with E-state index in [1.165, 1.54) is 66.6 Å². The second kappa shape index (κ2) is 10.5. The Hall–Kier alpha value is -4.69. The molecule has 0 radical (unpaired) electrons. The van der Waals surface area contributed by atoms with Crippen molar-refractivity contribution < 1.29 is 4.58 Å². The molecule has 2 heterocycles. The van der Waals surface area contributed by atoms with Crippen molar-refractivity contribution in [1.29, 1.82) is 0 Å². The molecule has 0 aliphatic carbocycles. The van der Waals surface area contributed by atoms with Crippen molar-refractivity contribution in [2.45, 2.75) is 44.9 Å². The van der Waals surface area contributed by atoms with Gasteiger partial charge in [0.2, 0.25) is 5.69 Å². The quantitative estimate of drug-likeness (QED) is 0.150. The highest BCUT2D eigenvalue weighted by molar-refractivity contribution is 6.07. The number of likely N-dealkylation sites (N-methyl/N-ethyl adjacent to an activating group) is 1. The summed E-state index contributed by atoms with van der Waals surface area (Å²) in [7, 11) is 4.42. The Morgan fingerprint density at radius 2 is 1.32 bits per heavy atom. The van der Waals surface area contributed by atoms with E-state index in [9.17, 15) is 0 Å². The Kier molecular flexibility index (Phi) is 6.70. The number of nitrogens with zero attached hydrogens (tertiary/aromatic N) is 2. The van der Waals surface area contributed by atoms with Gasteiger partial charge < -0.3 is 4.90 Å². The average Bonchev–Trinajstić information content (AvgIpc) is 3.35. The summed E-state index contributed by atoms with van der Waals surface area (Å²) in [6, 6.07) is 37.4. The van der Waals surface area contributed by atoms with Crippen LogP contribution in [0.2, 0.25) is 0 Å². The molecule has 2 heteroatoms. The molecular weight excluding hydrogens is 532 g/mol. The van der Waals surface area contributed by atoms with Crippen LogP contribution in [0.5, 0.6) is 0 Å². The second-order valence-electron chi connectivity index (χ2n) is 13.4. The zero-order valence-electron chi connectivity index (χ0n) is 26.7. The first kappa shape index (κ1) is 28.1. The summed E-state index contributed by atoms with van der Waals surface area (Å²) in [6.45, 7) is 9.45. The molecule has 0 bridgehead atoms. The van der Waals surface area contributed by atoms with Crippen LogP contribution < -0.4 is 4.90 Å². The molecule has 0 saturated heterocycles. The smallest absolute Gasteiger partial charge is 0.210 e. The molecule has 0 N–H and O–H groups in total. The Labute approximate surface area is 262 Å². The Morgan fingerprint density at radius 1 is 0.705 bits per heavy atom. The summed E-state index contributed by atoms with van der Waals surface area (Å²) in [5.74, 6) is 0. The number of benzene rings is 5. The number of anilines is 1. The normalized spacial score (nSPS) is 18.2. The number of allylic oxidation sites excluding steroid dienone is 6. The Balaban J connectivity index is 1.30. The van der Waals surface area contributed by atoms with Gasteiger partial charge in [0.25, 0.3) is 0 Å². The van der Waals surface area contributed by atoms with E-state index in [0.29, 0.717) is 0 Å². The summed E-state index contributed by atoms with van der Waals surface area (Å²) < 4.78 is 2.38. The SMILES string of the molecule is CN1C(=CC=C(C=CC2=[N+](C)c3ccc4ccccc4c3C2(C)C)Cc2ccccc2)C(C)(C)c2c1ccc1ccccc21. The van der Waals surface area contributed by atoms with Crippen LogP contribution in [0.3, 0.4) is 0 Å². The van der Waals surface area contributed by atoms with Crippen LogP contribution in [0.25, 0.3) is 21.5 Å². The molecular formula is C42H41N2+. The zero-order chi connectivity index (χ0) is 30.6. The van der Waals surface area contributed by atoms with E-state index in [1.54, 1.807) is 0 Å². The van der Waals surface area contributed by atoms with E-state index in [4.69, 9.17) is 0 Å². The fraction of sp³-hybridized carbons (Fsp3) is 0.214. The van der Waals surface area contributed by atoms with E-state index in [-0.39, 0.29) is 10.8 Å². The predicted octanol–water partition coefficient (Wildman–Crippen LogP) is 10.0. The first-order valence-electron chi connectivity index (χ1n) is 15.7. The maximum atomic E-state index is 2.38. The van der Waals surface area contributed by atoms with Gasteiger partial charge in [0.05, 0.1) is 5.41 Å². The fourth-order valence-electron chi connectivity index (χ4n) is 7.76. The monoisotopic (exact) mass is 573 g/mol. The van der Waals surface area contributed by atoms with Gasteiger partial charge in [-0.1, -0.05) is 111 Å². The molecule has 218 valence electrons. The van der Waals surface area contributed by atoms with Crippen LogP contribution >= 0.6 is 0 Å². The number of fused-ring (bicyclic) bond motifs is 6. The van der Waals surface area contributed by atoms with Crippen molar-refractivity contribution in [2.24, 2.45) is 0 Å². The molecule has 2 aliphatic rings. The number of hydrogen-bond donors (Lipinski definition) is 0. The first-order valence-corrected chi connectivity index (χ1v) is 15.7. The van der Waals surface area contributed by atoms with Gasteiger partial charge in [-0.15, -0.1) is 0 Å².